The molecule has 0 unspecified atom stereocenters. The molecule has 1 fully saturated rings. The predicted molar refractivity (Wildman–Crippen MR) is 92.7 cm³/mol. The Kier molecular flexibility index (Phi) is 3.82. The van der Waals surface area contributed by atoms with Gasteiger partial charge in [-0.3, -0.25) is 4.79 Å². The summed E-state index contributed by atoms with van der Waals surface area (Å²) >= 11 is 3.40. The molecule has 0 N–H and O–H groups in total. The third kappa shape index (κ3) is 2.75. The van der Waals surface area contributed by atoms with Crippen LogP contribution < -0.4 is 0 Å². The Morgan fingerprint density at radius 3 is 2.78 bits per heavy atom. The number of fused-ring (bicyclic) bond motifs is 1. The first-order valence-electron chi connectivity index (χ1n) is 7.66. The van der Waals surface area contributed by atoms with Crippen molar-refractivity contribution in [2.45, 2.75) is 18.9 Å². The van der Waals surface area contributed by atoms with Crippen LogP contribution in [0.4, 0.5) is 0 Å². The van der Waals surface area contributed by atoms with E-state index in [1.807, 2.05) is 16.3 Å². The highest BCUT2D eigenvalue weighted by Crippen LogP contribution is 2.40. The number of sulfone groups is 1. The summed E-state index contributed by atoms with van der Waals surface area (Å²) in [7, 11) is -3.04. The standard InChI is InChI=1S/C16H17NO3S3/c18-16(11-5-9-23(19,20)10-11)17-6-3-13-12(4-8-22-13)15(17)14-2-1-7-21-14/h1-2,4,7-8,11,15H,3,5-6,9-10H2/t11-,15+/m0/s1. The van der Waals surface area contributed by atoms with Gasteiger partial charge >= 0.3 is 0 Å². The maximum atomic E-state index is 13.0. The fourth-order valence-corrected chi connectivity index (χ4v) is 7.02. The van der Waals surface area contributed by atoms with Crippen LogP contribution >= 0.6 is 22.7 Å². The van der Waals surface area contributed by atoms with E-state index in [2.05, 4.69) is 17.5 Å². The zero-order chi connectivity index (χ0) is 16.0. The smallest absolute Gasteiger partial charge is 0.227 e. The predicted octanol–water partition coefficient (Wildman–Crippen LogP) is 2.72. The Morgan fingerprint density at radius 1 is 1.22 bits per heavy atom. The lowest BCUT2D eigenvalue weighted by Gasteiger charge is -2.36. The molecule has 2 atom stereocenters. The summed E-state index contributed by atoms with van der Waals surface area (Å²) in [5.74, 6) is -0.218. The molecule has 4 rings (SSSR count). The second kappa shape index (κ2) is 5.72. The van der Waals surface area contributed by atoms with Crippen molar-refractivity contribution in [2.24, 2.45) is 5.92 Å². The Labute approximate surface area is 143 Å². The molecule has 0 saturated carbocycles. The van der Waals surface area contributed by atoms with Crippen LogP contribution in [0.25, 0.3) is 0 Å². The zero-order valence-electron chi connectivity index (χ0n) is 12.5. The van der Waals surface area contributed by atoms with Gasteiger partial charge in [-0.15, -0.1) is 22.7 Å². The highest BCUT2D eigenvalue weighted by Gasteiger charge is 2.40. The van der Waals surface area contributed by atoms with Crippen molar-refractivity contribution < 1.29 is 13.2 Å². The fourth-order valence-electron chi connectivity index (χ4n) is 3.53. The lowest BCUT2D eigenvalue weighted by molar-refractivity contribution is -0.136. The molecule has 4 heterocycles. The molecule has 7 heteroatoms. The van der Waals surface area contributed by atoms with Crippen molar-refractivity contribution in [1.29, 1.82) is 0 Å². The van der Waals surface area contributed by atoms with Crippen LogP contribution in [-0.4, -0.2) is 37.3 Å². The van der Waals surface area contributed by atoms with Gasteiger partial charge in [-0.05, 0) is 41.3 Å². The monoisotopic (exact) mass is 367 g/mol. The van der Waals surface area contributed by atoms with E-state index in [9.17, 15) is 13.2 Å². The van der Waals surface area contributed by atoms with Crippen LogP contribution in [0.2, 0.25) is 0 Å². The van der Waals surface area contributed by atoms with Crippen molar-refractivity contribution in [3.8, 4) is 0 Å². The molecule has 2 aliphatic heterocycles. The summed E-state index contributed by atoms with van der Waals surface area (Å²) in [6, 6.07) is 6.12. The molecule has 0 aromatic carbocycles. The van der Waals surface area contributed by atoms with E-state index in [0.717, 1.165) is 11.3 Å². The van der Waals surface area contributed by atoms with Gasteiger partial charge in [-0.2, -0.15) is 0 Å². The zero-order valence-corrected chi connectivity index (χ0v) is 14.9. The Morgan fingerprint density at radius 2 is 2.09 bits per heavy atom. The molecule has 1 amide bonds. The van der Waals surface area contributed by atoms with Crippen LogP contribution in [0.15, 0.2) is 29.0 Å². The van der Waals surface area contributed by atoms with Gasteiger partial charge in [0.15, 0.2) is 9.84 Å². The summed E-state index contributed by atoms with van der Waals surface area (Å²) in [6.07, 6.45) is 1.32. The molecule has 1 saturated heterocycles. The van der Waals surface area contributed by atoms with Crippen molar-refractivity contribution in [3.63, 3.8) is 0 Å². The van der Waals surface area contributed by atoms with Gasteiger partial charge in [0, 0.05) is 16.3 Å². The summed E-state index contributed by atoms with van der Waals surface area (Å²) in [6.45, 7) is 0.672. The van der Waals surface area contributed by atoms with Crippen molar-refractivity contribution in [3.05, 3.63) is 44.3 Å². The van der Waals surface area contributed by atoms with E-state index >= 15 is 0 Å². The topological polar surface area (TPSA) is 54.5 Å². The largest absolute Gasteiger partial charge is 0.330 e. The first-order chi connectivity index (χ1) is 11.1. The quantitative estimate of drug-likeness (QED) is 0.820. The minimum atomic E-state index is -3.04. The highest BCUT2D eigenvalue weighted by atomic mass is 32.2. The number of carbonyl (C=O) groups is 1. The molecule has 2 aromatic heterocycles. The number of rotatable bonds is 2. The number of thiophene rings is 2. The molecule has 2 aromatic rings. The average Bonchev–Trinajstić information content (AvgIpc) is 3.25. The number of amides is 1. The van der Waals surface area contributed by atoms with Crippen molar-refractivity contribution >= 4 is 38.4 Å². The minimum Gasteiger partial charge on any atom is -0.330 e. The second-order valence-electron chi connectivity index (χ2n) is 6.10. The molecule has 23 heavy (non-hydrogen) atoms. The van der Waals surface area contributed by atoms with Crippen molar-refractivity contribution in [1.82, 2.24) is 4.90 Å². The van der Waals surface area contributed by atoms with E-state index in [4.69, 9.17) is 0 Å². The highest BCUT2D eigenvalue weighted by molar-refractivity contribution is 7.91. The Bertz CT molecular complexity index is 823. The van der Waals surface area contributed by atoms with Gasteiger partial charge in [0.25, 0.3) is 0 Å². The lowest BCUT2D eigenvalue weighted by Crippen LogP contribution is -2.43. The first-order valence-corrected chi connectivity index (χ1v) is 11.2. The average molecular weight is 368 g/mol. The SMILES string of the molecule is O=C([C@H]1CCS(=O)(=O)C1)N1CCc2sccc2[C@@H]1c1cccs1. The molecule has 4 nitrogen and oxygen atoms in total. The molecular formula is C16H17NO3S3. The van der Waals surface area contributed by atoms with Gasteiger partial charge in [0.2, 0.25) is 5.91 Å². The maximum Gasteiger partial charge on any atom is 0.227 e. The van der Waals surface area contributed by atoms with E-state index in [-0.39, 0.29) is 29.4 Å². The van der Waals surface area contributed by atoms with E-state index in [0.29, 0.717) is 13.0 Å². The third-order valence-electron chi connectivity index (χ3n) is 4.64. The van der Waals surface area contributed by atoms with Crippen LogP contribution in [0, 0.1) is 5.92 Å². The number of hydrogen-bond acceptors (Lipinski definition) is 5. The van der Waals surface area contributed by atoms with Gasteiger partial charge in [-0.25, -0.2) is 8.42 Å². The van der Waals surface area contributed by atoms with Crippen molar-refractivity contribution in [2.75, 3.05) is 18.1 Å². The molecule has 0 spiro atoms. The summed E-state index contributed by atoms with van der Waals surface area (Å²) < 4.78 is 23.5. The van der Waals surface area contributed by atoms with Crippen LogP contribution in [-0.2, 0) is 21.1 Å². The third-order valence-corrected chi connectivity index (χ3v) is 8.33. The normalized spacial score (nSPS) is 26.2. The summed E-state index contributed by atoms with van der Waals surface area (Å²) in [5, 5.41) is 4.11. The molecule has 2 aliphatic rings. The minimum absolute atomic E-state index is 0.00123. The lowest BCUT2D eigenvalue weighted by atomic mass is 9.96. The van der Waals surface area contributed by atoms with E-state index < -0.39 is 9.84 Å². The number of hydrogen-bond donors (Lipinski definition) is 0. The molecule has 0 radical (unpaired) electrons. The fraction of sp³-hybridized carbons (Fsp3) is 0.438. The number of carbonyl (C=O) groups excluding carboxylic acids is 1. The first kappa shape index (κ1) is 15.4. The number of nitrogens with zero attached hydrogens (tertiary/aromatic N) is 1. The van der Waals surface area contributed by atoms with E-state index in [1.165, 1.54) is 10.4 Å². The summed E-state index contributed by atoms with van der Waals surface area (Å²) in [4.78, 5) is 17.4. The van der Waals surface area contributed by atoms with Crippen LogP contribution in [0.1, 0.15) is 27.8 Å². The maximum absolute atomic E-state index is 13.0. The molecule has 122 valence electrons. The van der Waals surface area contributed by atoms with Gasteiger partial charge < -0.3 is 4.90 Å². The van der Waals surface area contributed by atoms with Gasteiger partial charge in [-0.1, -0.05) is 6.07 Å². The van der Waals surface area contributed by atoms with E-state index in [1.54, 1.807) is 22.7 Å². The second-order valence-corrected chi connectivity index (χ2v) is 10.3. The summed E-state index contributed by atoms with van der Waals surface area (Å²) in [5.41, 5.74) is 1.21. The van der Waals surface area contributed by atoms with Crippen LogP contribution in [0.3, 0.4) is 0 Å². The molecule has 0 bridgehead atoms. The molecular weight excluding hydrogens is 350 g/mol. The Balaban J connectivity index is 1.69. The van der Waals surface area contributed by atoms with Gasteiger partial charge in [0.05, 0.1) is 23.5 Å². The Hall–Kier alpha value is -1.18. The van der Waals surface area contributed by atoms with Crippen LogP contribution in [0.5, 0.6) is 0 Å². The molecule has 0 aliphatic carbocycles. The van der Waals surface area contributed by atoms with Gasteiger partial charge in [0.1, 0.15) is 0 Å².